The van der Waals surface area contributed by atoms with Crippen molar-refractivity contribution in [3.8, 4) is 0 Å². The summed E-state index contributed by atoms with van der Waals surface area (Å²) in [4.78, 5) is 26.2. The average molecular weight is 884 g/mol. The number of unbranched alkanes of at least 4 members (excludes halogenated alkanes) is 31. The van der Waals surface area contributed by atoms with Crippen LogP contribution in [-0.2, 0) is 14.3 Å². The average Bonchev–Trinajstić information content (AvgIpc) is 3.28. The van der Waals surface area contributed by atoms with Gasteiger partial charge in [0.05, 0.1) is 25.2 Å². The minimum absolute atomic E-state index is 0.0616. The molecule has 0 bridgehead atoms. The van der Waals surface area contributed by atoms with E-state index in [1.54, 1.807) is 0 Å². The van der Waals surface area contributed by atoms with Crippen LogP contribution in [0.25, 0.3) is 0 Å². The molecule has 0 aliphatic carbocycles. The maximum atomic E-state index is 13.2. The Morgan fingerprint density at radius 3 is 1.33 bits per heavy atom. The molecular formula is C57H105NO5. The number of aliphatic hydroxyl groups excluding tert-OH is 2. The number of aliphatic hydroxyl groups is 2. The smallest absolute Gasteiger partial charge is 0.306 e. The van der Waals surface area contributed by atoms with Crippen molar-refractivity contribution in [1.82, 2.24) is 5.32 Å². The van der Waals surface area contributed by atoms with Crippen LogP contribution in [0.1, 0.15) is 278 Å². The highest BCUT2D eigenvalue weighted by Crippen LogP contribution is 2.18. The van der Waals surface area contributed by atoms with Crippen molar-refractivity contribution in [1.29, 1.82) is 0 Å². The molecule has 0 spiro atoms. The Labute approximate surface area is 391 Å². The van der Waals surface area contributed by atoms with Crippen LogP contribution in [0.2, 0.25) is 0 Å². The molecule has 0 aliphatic rings. The van der Waals surface area contributed by atoms with Crippen molar-refractivity contribution < 1.29 is 24.5 Å². The number of hydrogen-bond acceptors (Lipinski definition) is 5. The van der Waals surface area contributed by atoms with Crippen molar-refractivity contribution in [2.45, 2.75) is 296 Å². The lowest BCUT2D eigenvalue weighted by atomic mass is 10.0. The number of allylic oxidation sites excluding steroid dienone is 8. The molecule has 0 rings (SSSR count). The molecule has 0 aliphatic heterocycles. The molecule has 0 aromatic rings. The molecule has 368 valence electrons. The van der Waals surface area contributed by atoms with Crippen LogP contribution in [0, 0.1) is 0 Å². The fourth-order valence-electron chi connectivity index (χ4n) is 8.31. The van der Waals surface area contributed by atoms with E-state index < -0.39 is 18.2 Å². The van der Waals surface area contributed by atoms with E-state index in [4.69, 9.17) is 4.74 Å². The van der Waals surface area contributed by atoms with Gasteiger partial charge in [0.2, 0.25) is 5.91 Å². The third kappa shape index (κ3) is 46.2. The highest BCUT2D eigenvalue weighted by atomic mass is 16.5. The minimum atomic E-state index is -0.794. The van der Waals surface area contributed by atoms with Gasteiger partial charge in [0.1, 0.15) is 6.10 Å². The summed E-state index contributed by atoms with van der Waals surface area (Å²) in [7, 11) is 0. The lowest BCUT2D eigenvalue weighted by Crippen LogP contribution is -2.46. The normalized spacial score (nSPS) is 13.5. The highest BCUT2D eigenvalue weighted by molar-refractivity contribution is 5.77. The molecule has 0 aromatic carbocycles. The van der Waals surface area contributed by atoms with E-state index in [-0.39, 0.29) is 24.9 Å². The summed E-state index contributed by atoms with van der Waals surface area (Å²) >= 11 is 0. The van der Waals surface area contributed by atoms with Crippen molar-refractivity contribution in [2.24, 2.45) is 0 Å². The van der Waals surface area contributed by atoms with Gasteiger partial charge in [-0.15, -0.1) is 0 Å². The summed E-state index contributed by atoms with van der Waals surface area (Å²) in [5.41, 5.74) is 0. The molecule has 3 unspecified atom stereocenters. The van der Waals surface area contributed by atoms with Gasteiger partial charge in [-0.25, -0.2) is 0 Å². The Balaban J connectivity index is 4.55. The van der Waals surface area contributed by atoms with Gasteiger partial charge in [-0.05, 0) is 70.6 Å². The molecule has 0 aromatic heterocycles. The van der Waals surface area contributed by atoms with Crippen LogP contribution in [0.3, 0.4) is 0 Å². The first-order valence-electron chi connectivity index (χ1n) is 27.4. The summed E-state index contributed by atoms with van der Waals surface area (Å²) in [6, 6.07) is -0.710. The van der Waals surface area contributed by atoms with Crippen LogP contribution < -0.4 is 5.32 Å². The van der Waals surface area contributed by atoms with Gasteiger partial charge in [0.25, 0.3) is 0 Å². The third-order valence-electron chi connectivity index (χ3n) is 12.5. The number of rotatable bonds is 49. The SMILES string of the molecule is CC/C=C/C=C/C=C/CCCCCCCC(CC(=O)NC(CO)C(O)CCCCCCCCCCCCCCC)OC(=O)CCCCCCC/C=C/CCCCCCCCCCC. The largest absolute Gasteiger partial charge is 0.462 e. The first kappa shape index (κ1) is 60.8. The lowest BCUT2D eigenvalue weighted by Gasteiger charge is -2.24. The van der Waals surface area contributed by atoms with Gasteiger partial charge in [-0.2, -0.15) is 0 Å². The van der Waals surface area contributed by atoms with E-state index in [0.29, 0.717) is 19.3 Å². The van der Waals surface area contributed by atoms with Crippen molar-refractivity contribution in [3.63, 3.8) is 0 Å². The second-order valence-corrected chi connectivity index (χ2v) is 18.7. The number of hydrogen-bond donors (Lipinski definition) is 3. The van der Waals surface area contributed by atoms with Gasteiger partial charge in [-0.1, -0.05) is 243 Å². The van der Waals surface area contributed by atoms with Gasteiger partial charge in [-0.3, -0.25) is 9.59 Å². The van der Waals surface area contributed by atoms with E-state index in [2.05, 4.69) is 74.7 Å². The standard InChI is InChI=1S/C57H105NO5/c1-4-7-10-13-16-19-22-25-26-27-28-29-32-35-38-41-44-47-50-57(62)63-53(48-45-42-39-36-33-30-23-20-17-14-11-8-5-2)51-56(61)58-54(52-59)55(60)49-46-43-40-37-34-31-24-21-18-15-12-9-6-3/h8,11,14,17,20,23,28-29,53-55,59-60H,4-7,9-10,12-13,15-16,18-19,21-22,24-27,30-52H2,1-3H3,(H,58,61)/b11-8+,17-14+,23-20+,29-28+. The van der Waals surface area contributed by atoms with Crippen molar-refractivity contribution in [3.05, 3.63) is 48.6 Å². The quantitative estimate of drug-likeness (QED) is 0.0245. The second-order valence-electron chi connectivity index (χ2n) is 18.7. The molecule has 3 atom stereocenters. The summed E-state index contributed by atoms with van der Waals surface area (Å²) in [5.74, 6) is -0.496. The maximum absolute atomic E-state index is 13.2. The Morgan fingerprint density at radius 2 is 0.873 bits per heavy atom. The molecule has 0 saturated heterocycles. The zero-order valence-corrected chi connectivity index (χ0v) is 42.0. The van der Waals surface area contributed by atoms with Crippen LogP contribution in [0.4, 0.5) is 0 Å². The first-order valence-corrected chi connectivity index (χ1v) is 27.4. The summed E-state index contributed by atoms with van der Waals surface area (Å²) in [5, 5.41) is 23.8. The Bertz CT molecular complexity index is 1080. The number of nitrogens with one attached hydrogen (secondary N) is 1. The number of carbonyl (C=O) groups is 2. The fraction of sp³-hybridized carbons (Fsp3) is 0.825. The summed E-state index contributed by atoms with van der Waals surface area (Å²) in [6.45, 7) is 6.36. The zero-order valence-electron chi connectivity index (χ0n) is 42.0. The van der Waals surface area contributed by atoms with E-state index in [0.717, 1.165) is 89.9 Å². The van der Waals surface area contributed by atoms with E-state index in [9.17, 15) is 19.8 Å². The number of ether oxygens (including phenoxy) is 1. The highest BCUT2D eigenvalue weighted by Gasteiger charge is 2.24. The topological polar surface area (TPSA) is 95.9 Å². The van der Waals surface area contributed by atoms with Crippen LogP contribution in [0.5, 0.6) is 0 Å². The first-order chi connectivity index (χ1) is 31.0. The molecular weight excluding hydrogens is 779 g/mol. The molecule has 0 heterocycles. The Kier molecular flexibility index (Phi) is 49.1. The molecule has 1 amide bonds. The van der Waals surface area contributed by atoms with E-state index in [1.165, 1.54) is 141 Å². The second kappa shape index (κ2) is 50.8. The van der Waals surface area contributed by atoms with Crippen LogP contribution >= 0.6 is 0 Å². The van der Waals surface area contributed by atoms with E-state index >= 15 is 0 Å². The zero-order chi connectivity index (χ0) is 45.9. The predicted octanol–water partition coefficient (Wildman–Crippen LogP) is 16.6. The Morgan fingerprint density at radius 1 is 0.476 bits per heavy atom. The number of amides is 1. The van der Waals surface area contributed by atoms with Crippen LogP contribution in [-0.4, -0.2) is 46.9 Å². The predicted molar refractivity (Wildman–Crippen MR) is 273 cm³/mol. The maximum Gasteiger partial charge on any atom is 0.306 e. The van der Waals surface area contributed by atoms with Gasteiger partial charge >= 0.3 is 5.97 Å². The fourth-order valence-corrected chi connectivity index (χ4v) is 8.31. The van der Waals surface area contributed by atoms with E-state index in [1.807, 2.05) is 0 Å². The molecule has 6 heteroatoms. The molecule has 0 saturated carbocycles. The molecule has 0 radical (unpaired) electrons. The van der Waals surface area contributed by atoms with Crippen LogP contribution in [0.15, 0.2) is 48.6 Å². The third-order valence-corrected chi connectivity index (χ3v) is 12.5. The molecule has 6 nitrogen and oxygen atoms in total. The minimum Gasteiger partial charge on any atom is -0.462 e. The number of esters is 1. The summed E-state index contributed by atoms with van der Waals surface area (Å²) < 4.78 is 5.94. The van der Waals surface area contributed by atoms with Gasteiger partial charge in [0, 0.05) is 6.42 Å². The Hall–Kier alpha value is -2.18. The lowest BCUT2D eigenvalue weighted by molar-refractivity contribution is -0.151. The molecule has 0 fully saturated rings. The molecule has 63 heavy (non-hydrogen) atoms. The molecule has 3 N–H and O–H groups in total. The van der Waals surface area contributed by atoms with Gasteiger partial charge < -0.3 is 20.3 Å². The monoisotopic (exact) mass is 884 g/mol. The van der Waals surface area contributed by atoms with Crippen molar-refractivity contribution in [2.75, 3.05) is 6.61 Å². The summed E-state index contributed by atoms with van der Waals surface area (Å²) in [6.07, 6.45) is 61.7. The van der Waals surface area contributed by atoms with Gasteiger partial charge in [0.15, 0.2) is 0 Å². The van der Waals surface area contributed by atoms with Crippen molar-refractivity contribution >= 4 is 11.9 Å². The number of carbonyl (C=O) groups excluding carboxylic acids is 2.